The van der Waals surface area contributed by atoms with Crippen molar-refractivity contribution in [1.82, 2.24) is 20.9 Å². The summed E-state index contributed by atoms with van der Waals surface area (Å²) in [5.41, 5.74) is -0.593. The van der Waals surface area contributed by atoms with Crippen LogP contribution in [0.25, 0.3) is 0 Å². The molecule has 0 radical (unpaired) electrons. The minimum absolute atomic E-state index is 0.0463. The lowest BCUT2D eigenvalue weighted by atomic mass is 10.0. The second-order valence-corrected chi connectivity index (χ2v) is 8.55. The topological polar surface area (TPSA) is 120 Å². The Balaban J connectivity index is 1.51. The average Bonchev–Trinajstić information content (AvgIpc) is 3.44. The largest absolute Gasteiger partial charge is 0.345 e. The van der Waals surface area contributed by atoms with E-state index in [9.17, 15) is 19.2 Å². The molecule has 0 unspecified atom stereocenters. The number of nitrogens with zero attached hydrogens (tertiary/aromatic N) is 1. The van der Waals surface area contributed by atoms with Gasteiger partial charge in [0, 0.05) is 12.2 Å². The van der Waals surface area contributed by atoms with Gasteiger partial charge in [-0.05, 0) is 58.2 Å². The van der Waals surface area contributed by atoms with Crippen molar-refractivity contribution in [3.05, 3.63) is 30.3 Å². The van der Waals surface area contributed by atoms with Crippen molar-refractivity contribution in [1.29, 1.82) is 0 Å². The Morgan fingerprint density at radius 1 is 1.10 bits per heavy atom. The maximum absolute atomic E-state index is 12.9. The molecule has 0 aromatic heterocycles. The monoisotopic (exact) mass is 429 g/mol. The molecule has 1 aromatic carbocycles. The smallest absolute Gasteiger partial charge is 0.245 e. The highest BCUT2D eigenvalue weighted by atomic mass is 16.2. The van der Waals surface area contributed by atoms with E-state index in [2.05, 4.69) is 21.3 Å². The fourth-order valence-corrected chi connectivity index (χ4v) is 3.95. The second kappa shape index (κ2) is 9.91. The molecule has 1 aromatic rings. The van der Waals surface area contributed by atoms with Crippen LogP contribution in [0.15, 0.2) is 30.3 Å². The number of carbonyl (C=O) groups excluding carboxylic acids is 4. The lowest BCUT2D eigenvalue weighted by molar-refractivity contribution is -0.141. The molecule has 0 bridgehead atoms. The van der Waals surface area contributed by atoms with E-state index < -0.39 is 17.5 Å². The van der Waals surface area contributed by atoms with Crippen LogP contribution in [0, 0.1) is 0 Å². The molecule has 2 saturated heterocycles. The summed E-state index contributed by atoms with van der Waals surface area (Å²) in [6.07, 6.45) is 3.05. The number of amides is 4. The Morgan fingerprint density at radius 2 is 1.84 bits per heavy atom. The maximum atomic E-state index is 12.9. The number of anilines is 1. The first-order valence-corrected chi connectivity index (χ1v) is 10.8. The lowest BCUT2D eigenvalue weighted by Crippen LogP contribution is -2.60. The van der Waals surface area contributed by atoms with Gasteiger partial charge >= 0.3 is 0 Å². The molecule has 9 nitrogen and oxygen atoms in total. The third-order valence-corrected chi connectivity index (χ3v) is 5.67. The van der Waals surface area contributed by atoms with E-state index in [0.717, 1.165) is 25.8 Å². The van der Waals surface area contributed by atoms with E-state index in [1.54, 1.807) is 43.0 Å². The van der Waals surface area contributed by atoms with Gasteiger partial charge in [-0.25, -0.2) is 0 Å². The molecule has 0 aliphatic carbocycles. The number of hydrogen-bond acceptors (Lipinski definition) is 5. The molecular weight excluding hydrogens is 398 g/mol. The Kier molecular flexibility index (Phi) is 7.27. The molecule has 2 aliphatic rings. The van der Waals surface area contributed by atoms with Crippen molar-refractivity contribution in [2.75, 3.05) is 25.0 Å². The van der Waals surface area contributed by atoms with E-state index in [0.29, 0.717) is 18.7 Å². The van der Waals surface area contributed by atoms with Gasteiger partial charge in [-0.2, -0.15) is 0 Å². The highest BCUT2D eigenvalue weighted by Crippen LogP contribution is 2.21. The number of para-hydroxylation sites is 1. The fourth-order valence-electron chi connectivity index (χ4n) is 3.95. The molecule has 3 rings (SSSR count). The molecule has 4 amide bonds. The van der Waals surface area contributed by atoms with Crippen LogP contribution in [0.1, 0.15) is 39.5 Å². The van der Waals surface area contributed by atoms with Gasteiger partial charge in [0.25, 0.3) is 0 Å². The zero-order valence-electron chi connectivity index (χ0n) is 18.1. The Hall–Kier alpha value is -2.94. The van der Waals surface area contributed by atoms with Gasteiger partial charge < -0.3 is 26.2 Å². The van der Waals surface area contributed by atoms with Crippen LogP contribution in [0.4, 0.5) is 5.69 Å². The van der Waals surface area contributed by atoms with Crippen molar-refractivity contribution >= 4 is 29.3 Å². The maximum Gasteiger partial charge on any atom is 0.245 e. The quantitative estimate of drug-likeness (QED) is 0.500. The van der Waals surface area contributed by atoms with Gasteiger partial charge in [0.15, 0.2) is 0 Å². The number of hydrogen-bond donors (Lipinski definition) is 4. The minimum atomic E-state index is -1.23. The predicted octanol–water partition coefficient (Wildman–Crippen LogP) is 0.379. The van der Waals surface area contributed by atoms with Gasteiger partial charge in [-0.15, -0.1) is 0 Å². The van der Waals surface area contributed by atoms with Gasteiger partial charge in [0.1, 0.15) is 11.6 Å². The summed E-state index contributed by atoms with van der Waals surface area (Å²) in [4.78, 5) is 51.9. The van der Waals surface area contributed by atoms with Gasteiger partial charge in [0.05, 0.1) is 12.6 Å². The van der Waals surface area contributed by atoms with Crippen molar-refractivity contribution in [2.45, 2.75) is 57.2 Å². The molecule has 2 atom stereocenters. The first-order chi connectivity index (χ1) is 14.8. The van der Waals surface area contributed by atoms with Gasteiger partial charge in [-0.3, -0.25) is 19.2 Å². The molecule has 0 spiro atoms. The second-order valence-electron chi connectivity index (χ2n) is 8.55. The van der Waals surface area contributed by atoms with E-state index in [-0.39, 0.29) is 30.3 Å². The fraction of sp³-hybridized carbons (Fsp3) is 0.545. The van der Waals surface area contributed by atoms with E-state index in [1.165, 1.54) is 0 Å². The zero-order valence-corrected chi connectivity index (χ0v) is 18.1. The first-order valence-electron chi connectivity index (χ1n) is 10.8. The van der Waals surface area contributed by atoms with Crippen LogP contribution in [-0.2, 0) is 19.2 Å². The highest BCUT2D eigenvalue weighted by Gasteiger charge is 2.40. The summed E-state index contributed by atoms with van der Waals surface area (Å²) in [5.74, 6) is -1.23. The molecule has 0 saturated carbocycles. The molecule has 4 N–H and O–H groups in total. The summed E-state index contributed by atoms with van der Waals surface area (Å²) in [7, 11) is 0. The standard InChI is InChI=1S/C22H31N5O4/c1-22(2,21(31)24-14-18(28)25-15-8-4-3-5-9-15)26-19(29)17-11-7-13-27(17)20(30)16-10-6-12-23-16/h3-5,8-9,16-17,23H,6-7,10-14H2,1-2H3,(H,24,31)(H,25,28)(H,26,29)/t16-,17-/m0/s1. The first kappa shape index (κ1) is 22.7. The molecule has 2 fully saturated rings. The third-order valence-electron chi connectivity index (χ3n) is 5.67. The zero-order chi connectivity index (χ0) is 22.4. The van der Waals surface area contributed by atoms with Crippen LogP contribution in [-0.4, -0.2) is 65.8 Å². The third kappa shape index (κ3) is 5.81. The van der Waals surface area contributed by atoms with Crippen LogP contribution in [0.2, 0.25) is 0 Å². The summed E-state index contributed by atoms with van der Waals surface area (Å²) in [5, 5.41) is 11.2. The summed E-state index contributed by atoms with van der Waals surface area (Å²) in [6, 6.07) is 8.13. The molecule has 2 heterocycles. The van der Waals surface area contributed by atoms with E-state index in [1.807, 2.05) is 6.07 Å². The van der Waals surface area contributed by atoms with E-state index >= 15 is 0 Å². The average molecular weight is 430 g/mol. The normalized spacial score (nSPS) is 20.9. The molecule has 2 aliphatic heterocycles. The number of benzene rings is 1. The number of rotatable bonds is 7. The number of nitrogens with one attached hydrogen (secondary N) is 4. The van der Waals surface area contributed by atoms with Crippen molar-refractivity contribution in [3.8, 4) is 0 Å². The predicted molar refractivity (Wildman–Crippen MR) is 116 cm³/mol. The minimum Gasteiger partial charge on any atom is -0.345 e. The molecule has 168 valence electrons. The summed E-state index contributed by atoms with van der Waals surface area (Å²) >= 11 is 0. The Labute approximate surface area is 182 Å². The number of likely N-dealkylation sites (tertiary alicyclic amines) is 1. The summed E-state index contributed by atoms with van der Waals surface area (Å²) in [6.45, 7) is 4.30. The summed E-state index contributed by atoms with van der Waals surface area (Å²) < 4.78 is 0. The molecule has 9 heteroatoms. The number of carbonyl (C=O) groups is 4. The molecule has 31 heavy (non-hydrogen) atoms. The van der Waals surface area contributed by atoms with E-state index in [4.69, 9.17) is 0 Å². The lowest BCUT2D eigenvalue weighted by Gasteiger charge is -2.31. The van der Waals surface area contributed by atoms with Crippen LogP contribution in [0.3, 0.4) is 0 Å². The van der Waals surface area contributed by atoms with Crippen LogP contribution >= 0.6 is 0 Å². The van der Waals surface area contributed by atoms with Gasteiger partial charge in [-0.1, -0.05) is 18.2 Å². The van der Waals surface area contributed by atoms with Crippen molar-refractivity contribution in [2.24, 2.45) is 0 Å². The Morgan fingerprint density at radius 3 is 2.52 bits per heavy atom. The van der Waals surface area contributed by atoms with Crippen molar-refractivity contribution < 1.29 is 19.2 Å². The van der Waals surface area contributed by atoms with Crippen LogP contribution in [0.5, 0.6) is 0 Å². The SMILES string of the molecule is CC(C)(NC(=O)[C@@H]1CCCN1C(=O)[C@@H]1CCCN1)C(=O)NCC(=O)Nc1ccccc1. The Bertz CT molecular complexity index is 820. The van der Waals surface area contributed by atoms with Crippen LogP contribution < -0.4 is 21.3 Å². The van der Waals surface area contributed by atoms with Gasteiger partial charge in [0.2, 0.25) is 23.6 Å². The van der Waals surface area contributed by atoms with Crippen molar-refractivity contribution in [3.63, 3.8) is 0 Å². The highest BCUT2D eigenvalue weighted by molar-refractivity contribution is 5.98. The molecular formula is C22H31N5O4.